The number of amides is 6. The Morgan fingerprint density at radius 1 is 0.476 bits per heavy atom. The van der Waals surface area contributed by atoms with Gasteiger partial charge in [0.1, 0.15) is 17.2 Å². The minimum atomic E-state index is -4.70. The molecule has 22 nitrogen and oxygen atoms in total. The number of carbonyl (C=O) groups is 12. The van der Waals surface area contributed by atoms with E-state index in [4.69, 9.17) is 18.6 Å². The SMILES string of the molecule is C.C.C.C.C.C.C.C.C=CC(=O)OCC(F)(F)F.CC(=O)Oc1ccc(N2C(=O)C=CC2=O)cc1.CCC(C(=O)OCC(F)(F)F)C1C(=O)N(c2ccc(OC(=O)/C=C/c3ccccc3)cc2)C(=O)C1C.CCC(C(=O)OCC(F)(F)F)C1C(=O)N(c2ccc(OC(C)=O)cc2)C(=O)C1C.[B].[NH]=[Al]. The molecule has 4 aromatic rings. The first-order chi connectivity index (χ1) is 44.0. The minimum absolute atomic E-state index is 0. The van der Waals surface area contributed by atoms with Crippen molar-refractivity contribution >= 4 is 119 Å². The Kier molecular flexibility index (Phi) is 50.5. The van der Waals surface area contributed by atoms with Gasteiger partial charge in [0.05, 0.1) is 40.7 Å². The Balaban J connectivity index is -0.000000247. The normalized spacial score (nSPS) is 15.8. The molecule has 0 saturated carbocycles. The molecule has 3 aliphatic rings. The summed E-state index contributed by atoms with van der Waals surface area (Å²) in [5.41, 5.74) is 1.63. The third kappa shape index (κ3) is 33.2. The quantitative estimate of drug-likeness (QED) is 0.0184. The van der Waals surface area contributed by atoms with Crippen LogP contribution < -0.4 is 28.9 Å². The second-order valence-corrected chi connectivity index (χ2v) is 19.7. The molecule has 2 saturated heterocycles. The summed E-state index contributed by atoms with van der Waals surface area (Å²) in [6.07, 6.45) is -7.87. The summed E-state index contributed by atoms with van der Waals surface area (Å²) in [7, 11) is 0. The number of ether oxygens (including phenoxy) is 6. The number of rotatable bonds is 18. The number of nitrogens with one attached hydrogen (secondary N) is 1. The summed E-state index contributed by atoms with van der Waals surface area (Å²) in [5.74, 6) is -14.2. The summed E-state index contributed by atoms with van der Waals surface area (Å²) < 4.78 is 141. The zero-order valence-electron chi connectivity index (χ0n) is 51.2. The molecule has 0 spiro atoms. The van der Waals surface area contributed by atoms with E-state index in [0.29, 0.717) is 17.5 Å². The average molecular weight is 1490 g/mol. The second-order valence-electron chi connectivity index (χ2n) is 19.7. The van der Waals surface area contributed by atoms with Crippen LogP contribution in [-0.4, -0.2) is 134 Å². The number of nitrogens with zero attached hydrogens (tertiary/aromatic N) is 3. The molecule has 568 valence electrons. The van der Waals surface area contributed by atoms with Crippen LogP contribution in [0, 0.1) is 39.9 Å². The van der Waals surface area contributed by atoms with E-state index >= 15 is 0 Å². The fourth-order valence-electron chi connectivity index (χ4n) is 8.93. The fraction of sp³-hybridized carbons (Fsp3) is 0.400. The molecule has 6 atom stereocenters. The standard InChI is InChI=1S/C26H24F3NO6.C19H20F3NO6.C12H9NO4.C5H5F3O2.8CH4.Al.B.HN/c1-3-20(25(34)35-15-26(27,28)29)22-16(2)23(32)30(24(22)33)18-10-12-19(13-11-18)36-21(31)14-9-17-7-5-4-6-8-17;1-4-14(18(27)28-9-19(20,21)22)15-10(2)16(25)23(17(15)26)12-5-7-13(8-6-12)29-11(3)24;1-8(14)17-10-4-2-9(3-5-10)13-11(15)6-7-12(13)16;1-2-4(9)10-3-5(6,7)8;;;;;;;;;;;/h4-14,16,20,22H,3,15H2,1-2H3;5-8,10,14-15H,4,9H2,1-3H3;2-7H,1H3;2H,1,3H2;8*1H4;;;1H/b14-9+;;;;;;;;;;;;;;. The fourth-order valence-corrected chi connectivity index (χ4v) is 8.93. The predicted octanol–water partition coefficient (Wildman–Crippen LogP) is 14.4. The molecule has 0 aliphatic carbocycles. The third-order valence-electron chi connectivity index (χ3n) is 13.0. The van der Waals surface area contributed by atoms with Crippen molar-refractivity contribution < 1.29 is 125 Å². The van der Waals surface area contributed by atoms with E-state index < -0.39 is 133 Å². The number of benzene rings is 4. The van der Waals surface area contributed by atoms with Gasteiger partial charge in [-0.1, -0.05) is 124 Å². The first-order valence-corrected chi connectivity index (χ1v) is 28.1. The van der Waals surface area contributed by atoms with E-state index in [9.17, 15) is 97.0 Å². The van der Waals surface area contributed by atoms with Crippen molar-refractivity contribution in [3.05, 3.63) is 140 Å². The zero-order valence-corrected chi connectivity index (χ0v) is 52.3. The molecule has 33 heteroatoms. The van der Waals surface area contributed by atoms with Gasteiger partial charge in [0.25, 0.3) is 11.8 Å². The van der Waals surface area contributed by atoms with E-state index in [1.165, 1.54) is 120 Å². The van der Waals surface area contributed by atoms with Crippen molar-refractivity contribution in [2.45, 2.75) is 132 Å². The van der Waals surface area contributed by atoms with Gasteiger partial charge in [-0.15, -0.1) is 0 Å². The van der Waals surface area contributed by atoms with Crippen LogP contribution in [0.3, 0.4) is 0 Å². The Labute approximate surface area is 605 Å². The Hall–Kier alpha value is -9.89. The Bertz CT molecular complexity index is 3450. The van der Waals surface area contributed by atoms with Crippen LogP contribution in [0.1, 0.15) is 119 Å². The zero-order chi connectivity index (χ0) is 71.0. The van der Waals surface area contributed by atoms with Gasteiger partial charge in [0.15, 0.2) is 19.8 Å². The van der Waals surface area contributed by atoms with Gasteiger partial charge < -0.3 is 28.4 Å². The van der Waals surface area contributed by atoms with Gasteiger partial charge in [-0.05, 0) is 97.3 Å². The van der Waals surface area contributed by atoms with Gasteiger partial charge in [-0.25, -0.2) is 14.5 Å². The molecule has 103 heavy (non-hydrogen) atoms. The molecule has 2 fully saturated rings. The van der Waals surface area contributed by atoms with Gasteiger partial charge in [0, 0.05) is 58.4 Å². The average Bonchev–Trinajstić information content (AvgIpc) is 1.63. The van der Waals surface area contributed by atoms with Crippen molar-refractivity contribution in [2.24, 2.45) is 35.5 Å². The summed E-state index contributed by atoms with van der Waals surface area (Å²) in [6, 6.07) is 26.4. The van der Waals surface area contributed by atoms with Crippen molar-refractivity contribution in [1.82, 2.24) is 0 Å². The number of alkyl halides is 9. The van der Waals surface area contributed by atoms with E-state index in [0.717, 1.165) is 20.3 Å². The summed E-state index contributed by atoms with van der Waals surface area (Å²) >= 11 is 1.67. The van der Waals surface area contributed by atoms with Gasteiger partial charge in [-0.2, -0.15) is 39.5 Å². The van der Waals surface area contributed by atoms with Crippen LogP contribution in [0.2, 0.25) is 0 Å². The van der Waals surface area contributed by atoms with Crippen LogP contribution in [0.25, 0.3) is 6.08 Å². The first-order valence-electron chi connectivity index (χ1n) is 27.6. The summed E-state index contributed by atoms with van der Waals surface area (Å²) in [6.45, 7) is 6.30. The van der Waals surface area contributed by atoms with E-state index in [-0.39, 0.29) is 115 Å². The van der Waals surface area contributed by atoms with E-state index in [1.807, 2.05) is 30.3 Å². The van der Waals surface area contributed by atoms with E-state index in [1.54, 1.807) is 34.3 Å². The maximum absolute atomic E-state index is 13.1. The molecule has 0 aromatic heterocycles. The molecule has 3 aliphatic heterocycles. The molecule has 1 N–H and O–H groups in total. The molecule has 3 heterocycles. The van der Waals surface area contributed by atoms with Crippen molar-refractivity contribution in [3.63, 3.8) is 0 Å². The van der Waals surface area contributed by atoms with Crippen LogP contribution >= 0.6 is 0 Å². The Morgan fingerprint density at radius 2 is 0.777 bits per heavy atom. The molecule has 0 bridgehead atoms. The number of anilines is 3. The monoisotopic (exact) mass is 1480 g/mol. The van der Waals surface area contributed by atoms with Crippen LogP contribution in [0.5, 0.6) is 17.2 Å². The topological polar surface area (TPSA) is 294 Å². The number of halogens is 9. The molecule has 6 unspecified atom stereocenters. The summed E-state index contributed by atoms with van der Waals surface area (Å²) in [5, 5.41) is 0. The molecule has 6 amide bonds. The number of esters is 6. The first kappa shape index (κ1) is 107. The number of carbonyl (C=O) groups excluding carboxylic acids is 12. The number of imide groups is 3. The molecule has 4 aromatic carbocycles. The molecular weight excluding hydrogens is 1390 g/mol. The molecule has 4 radical (unpaired) electrons. The molecule has 7 rings (SSSR count). The van der Waals surface area contributed by atoms with Crippen LogP contribution in [0.4, 0.5) is 56.6 Å². The van der Waals surface area contributed by atoms with E-state index in [2.05, 4.69) is 20.8 Å². The van der Waals surface area contributed by atoms with Crippen LogP contribution in [-0.2, 0) is 71.7 Å². The third-order valence-corrected chi connectivity index (χ3v) is 13.0. The van der Waals surface area contributed by atoms with Crippen molar-refractivity contribution in [1.29, 1.82) is 4.35 Å². The van der Waals surface area contributed by atoms with Crippen LogP contribution in [0.15, 0.2) is 134 Å². The number of hydrogen-bond acceptors (Lipinski definition) is 19. The predicted molar refractivity (Wildman–Crippen MR) is 372 cm³/mol. The van der Waals surface area contributed by atoms with Crippen molar-refractivity contribution in [3.8, 4) is 17.2 Å². The van der Waals surface area contributed by atoms with Crippen molar-refractivity contribution in [2.75, 3.05) is 34.5 Å². The second kappa shape index (κ2) is 48.8. The molecular formula is C70H91AlBF9N4O18. The van der Waals surface area contributed by atoms with Gasteiger partial charge in [-0.3, -0.25) is 57.7 Å². The number of hydrogen-bond donors (Lipinski definition) is 1. The summed E-state index contributed by atoms with van der Waals surface area (Å²) in [4.78, 5) is 145. The van der Waals surface area contributed by atoms with Gasteiger partial charge in [0.2, 0.25) is 23.6 Å². The van der Waals surface area contributed by atoms with Gasteiger partial charge >= 0.3 is 74.8 Å². The maximum atomic E-state index is 13.1. The Morgan fingerprint density at radius 3 is 1.07 bits per heavy atom.